The van der Waals surface area contributed by atoms with E-state index in [1.165, 1.54) is 0 Å². The highest BCUT2D eigenvalue weighted by molar-refractivity contribution is 4.75. The van der Waals surface area contributed by atoms with Crippen LogP contribution in [0.3, 0.4) is 0 Å². The molecule has 3 N–H and O–H groups in total. The van der Waals surface area contributed by atoms with Gasteiger partial charge < -0.3 is 15.3 Å². The Morgan fingerprint density at radius 2 is 1.55 bits per heavy atom. The van der Waals surface area contributed by atoms with Crippen molar-refractivity contribution in [3.8, 4) is 0 Å². The van der Waals surface area contributed by atoms with E-state index in [1.54, 1.807) is 0 Å². The standard InChI is InChI=1S/C5H11NO5/c7-2-5(3-8,4-9)1-6(10)11/h7-9H,1-4H2. The fourth-order valence-electron chi connectivity index (χ4n) is 0.574. The van der Waals surface area contributed by atoms with Crippen LogP contribution in [0.1, 0.15) is 0 Å². The van der Waals surface area contributed by atoms with E-state index in [2.05, 4.69) is 0 Å². The highest BCUT2D eigenvalue weighted by Gasteiger charge is 2.33. The van der Waals surface area contributed by atoms with Crippen LogP contribution in [0.5, 0.6) is 0 Å². The van der Waals surface area contributed by atoms with Gasteiger partial charge in [-0.2, -0.15) is 0 Å². The Kier molecular flexibility index (Phi) is 3.94. The van der Waals surface area contributed by atoms with E-state index in [0.29, 0.717) is 0 Å². The van der Waals surface area contributed by atoms with Crippen LogP contribution < -0.4 is 0 Å². The summed E-state index contributed by atoms with van der Waals surface area (Å²) in [6.07, 6.45) is 0. The fourth-order valence-corrected chi connectivity index (χ4v) is 0.574. The lowest BCUT2D eigenvalue weighted by Gasteiger charge is -2.21. The van der Waals surface area contributed by atoms with Crippen molar-refractivity contribution in [2.45, 2.75) is 0 Å². The van der Waals surface area contributed by atoms with Crippen molar-refractivity contribution in [3.63, 3.8) is 0 Å². The lowest BCUT2D eigenvalue weighted by molar-refractivity contribution is -0.500. The molecule has 0 unspecified atom stereocenters. The molecular formula is C5H11NO5. The zero-order valence-corrected chi connectivity index (χ0v) is 5.93. The minimum Gasteiger partial charge on any atom is -0.395 e. The van der Waals surface area contributed by atoms with Gasteiger partial charge in [0.2, 0.25) is 6.54 Å². The van der Waals surface area contributed by atoms with Gasteiger partial charge in [0.25, 0.3) is 0 Å². The van der Waals surface area contributed by atoms with Crippen LogP contribution in [0.2, 0.25) is 0 Å². The molecule has 6 nitrogen and oxygen atoms in total. The predicted octanol–water partition coefficient (Wildman–Crippen LogP) is -1.77. The van der Waals surface area contributed by atoms with Crippen molar-refractivity contribution in [2.24, 2.45) is 5.41 Å². The van der Waals surface area contributed by atoms with E-state index in [1.807, 2.05) is 0 Å². The third-order valence-corrected chi connectivity index (χ3v) is 1.47. The fraction of sp³-hybridized carbons (Fsp3) is 1.00. The molecule has 0 aliphatic heterocycles. The van der Waals surface area contributed by atoms with Gasteiger partial charge in [0, 0.05) is 4.92 Å². The molecule has 0 aromatic heterocycles. The van der Waals surface area contributed by atoms with E-state index in [4.69, 9.17) is 15.3 Å². The zero-order valence-electron chi connectivity index (χ0n) is 5.93. The van der Waals surface area contributed by atoms with E-state index < -0.39 is 36.7 Å². The van der Waals surface area contributed by atoms with Crippen molar-refractivity contribution in [1.82, 2.24) is 0 Å². The summed E-state index contributed by atoms with van der Waals surface area (Å²) < 4.78 is 0. The minimum absolute atomic E-state index is 0.596. The highest BCUT2D eigenvalue weighted by atomic mass is 16.6. The van der Waals surface area contributed by atoms with Gasteiger partial charge in [-0.25, -0.2) is 0 Å². The number of aliphatic hydroxyl groups excluding tert-OH is 3. The first-order valence-electron chi connectivity index (χ1n) is 3.04. The Morgan fingerprint density at radius 1 is 1.18 bits per heavy atom. The quantitative estimate of drug-likeness (QED) is 0.330. The van der Waals surface area contributed by atoms with Gasteiger partial charge in [-0.3, -0.25) is 10.1 Å². The summed E-state index contributed by atoms with van der Waals surface area (Å²) >= 11 is 0. The summed E-state index contributed by atoms with van der Waals surface area (Å²) in [4.78, 5) is 9.29. The molecular weight excluding hydrogens is 154 g/mol. The van der Waals surface area contributed by atoms with Gasteiger partial charge in [0.05, 0.1) is 19.8 Å². The normalized spacial score (nSPS) is 11.5. The third-order valence-electron chi connectivity index (χ3n) is 1.47. The lowest BCUT2D eigenvalue weighted by atomic mass is 9.92. The topological polar surface area (TPSA) is 104 Å². The molecule has 0 amide bonds. The Labute approximate surface area is 63.2 Å². The maximum absolute atomic E-state index is 9.96. The van der Waals surface area contributed by atoms with Crippen molar-refractivity contribution in [1.29, 1.82) is 0 Å². The van der Waals surface area contributed by atoms with Crippen LogP contribution in [0.4, 0.5) is 0 Å². The molecule has 0 aromatic carbocycles. The summed E-state index contributed by atoms with van der Waals surface area (Å²) in [5, 5.41) is 35.8. The van der Waals surface area contributed by atoms with Gasteiger partial charge >= 0.3 is 0 Å². The Balaban J connectivity index is 4.16. The first kappa shape index (κ1) is 10.3. The molecule has 0 radical (unpaired) electrons. The minimum atomic E-state index is -1.39. The monoisotopic (exact) mass is 165 g/mol. The number of aliphatic hydroxyl groups is 3. The second-order valence-electron chi connectivity index (χ2n) is 2.47. The lowest BCUT2D eigenvalue weighted by Crippen LogP contribution is -2.40. The van der Waals surface area contributed by atoms with Gasteiger partial charge in [-0.15, -0.1) is 0 Å². The first-order valence-corrected chi connectivity index (χ1v) is 3.04. The summed E-state index contributed by atoms with van der Waals surface area (Å²) in [5.41, 5.74) is -1.39. The molecule has 11 heavy (non-hydrogen) atoms. The molecule has 0 fully saturated rings. The van der Waals surface area contributed by atoms with Crippen LogP contribution in [-0.4, -0.2) is 46.6 Å². The molecule has 66 valence electrons. The third kappa shape index (κ3) is 2.79. The predicted molar refractivity (Wildman–Crippen MR) is 35.6 cm³/mol. The average Bonchev–Trinajstić information content (AvgIpc) is 2.00. The number of nitro groups is 1. The van der Waals surface area contributed by atoms with E-state index in [-0.39, 0.29) is 0 Å². The molecule has 6 heteroatoms. The first-order chi connectivity index (χ1) is 5.10. The van der Waals surface area contributed by atoms with Crippen LogP contribution in [0.25, 0.3) is 0 Å². The van der Waals surface area contributed by atoms with Crippen LogP contribution >= 0.6 is 0 Å². The molecule has 0 spiro atoms. The summed E-state index contributed by atoms with van der Waals surface area (Å²) in [5.74, 6) is 0. The number of nitrogens with zero attached hydrogens (tertiary/aromatic N) is 1. The van der Waals surface area contributed by atoms with Gasteiger partial charge in [-0.1, -0.05) is 0 Å². The van der Waals surface area contributed by atoms with E-state index in [9.17, 15) is 10.1 Å². The highest BCUT2D eigenvalue weighted by Crippen LogP contribution is 2.13. The molecule has 0 aliphatic carbocycles. The number of rotatable bonds is 5. The second kappa shape index (κ2) is 4.22. The maximum atomic E-state index is 9.96. The van der Waals surface area contributed by atoms with E-state index >= 15 is 0 Å². The molecule has 0 aliphatic rings. The van der Waals surface area contributed by atoms with Crippen molar-refractivity contribution >= 4 is 0 Å². The zero-order chi connectivity index (χ0) is 8.91. The van der Waals surface area contributed by atoms with Gasteiger partial charge in [0.15, 0.2) is 0 Å². The summed E-state index contributed by atoms with van der Waals surface area (Å²) in [6, 6.07) is 0. The van der Waals surface area contributed by atoms with Crippen LogP contribution in [0.15, 0.2) is 0 Å². The Hall–Kier alpha value is -0.720. The molecule has 0 aromatic rings. The molecule has 0 heterocycles. The Bertz CT molecular complexity index is 125. The van der Waals surface area contributed by atoms with Gasteiger partial charge in [-0.05, 0) is 0 Å². The maximum Gasteiger partial charge on any atom is 0.216 e. The average molecular weight is 165 g/mol. The summed E-state index contributed by atoms with van der Waals surface area (Å²) in [6.45, 7) is -2.42. The smallest absolute Gasteiger partial charge is 0.216 e. The molecule has 0 saturated heterocycles. The number of hydrogen-bond acceptors (Lipinski definition) is 5. The molecule has 0 bridgehead atoms. The van der Waals surface area contributed by atoms with Crippen molar-refractivity contribution in [3.05, 3.63) is 10.1 Å². The Morgan fingerprint density at radius 3 is 1.64 bits per heavy atom. The van der Waals surface area contributed by atoms with Crippen LogP contribution in [0, 0.1) is 15.5 Å². The second-order valence-corrected chi connectivity index (χ2v) is 2.47. The van der Waals surface area contributed by atoms with Crippen LogP contribution in [-0.2, 0) is 0 Å². The SMILES string of the molecule is O=[N+]([O-])CC(CO)(CO)CO. The van der Waals surface area contributed by atoms with Crippen molar-refractivity contribution < 1.29 is 20.2 Å². The summed E-state index contributed by atoms with van der Waals surface area (Å²) in [7, 11) is 0. The molecule has 0 saturated carbocycles. The van der Waals surface area contributed by atoms with Gasteiger partial charge in [0.1, 0.15) is 5.41 Å². The molecule has 0 rings (SSSR count). The number of hydrogen-bond donors (Lipinski definition) is 3. The van der Waals surface area contributed by atoms with E-state index in [0.717, 1.165) is 0 Å². The molecule has 0 atom stereocenters. The largest absolute Gasteiger partial charge is 0.395 e. The van der Waals surface area contributed by atoms with Crippen molar-refractivity contribution in [2.75, 3.05) is 26.4 Å².